The lowest BCUT2D eigenvalue weighted by Crippen LogP contribution is -2.27. The molecular weight excluding hydrogens is 476 g/mol. The van der Waals surface area contributed by atoms with Gasteiger partial charge >= 0.3 is 0 Å². The van der Waals surface area contributed by atoms with Crippen molar-refractivity contribution in [1.82, 2.24) is 19.7 Å². The average Bonchev–Trinajstić information content (AvgIpc) is 2.91. The van der Waals surface area contributed by atoms with Gasteiger partial charge in [0.05, 0.1) is 6.61 Å². The molecule has 0 unspecified atom stereocenters. The number of carbonyl (C=O) groups excluding carboxylic acids is 1. The second-order valence-corrected chi connectivity index (χ2v) is 8.11. The predicted octanol–water partition coefficient (Wildman–Crippen LogP) is 3.27. The number of hydrogen-bond donors (Lipinski definition) is 1. The third kappa shape index (κ3) is 6.29. The van der Waals surface area contributed by atoms with Crippen LogP contribution in [0.15, 0.2) is 59.7 Å². The van der Waals surface area contributed by atoms with Gasteiger partial charge in [0.2, 0.25) is 0 Å². The van der Waals surface area contributed by atoms with Crippen LogP contribution in [-0.4, -0.2) is 53.8 Å². The molecule has 0 aliphatic carbocycles. The molecule has 0 atom stereocenters. The van der Waals surface area contributed by atoms with Crippen molar-refractivity contribution >= 4 is 22.5 Å². The quantitative estimate of drug-likeness (QED) is 0.230. The molecule has 0 saturated heterocycles. The van der Waals surface area contributed by atoms with Gasteiger partial charge in [-0.3, -0.25) is 19.0 Å². The number of pyridine rings is 2. The molecule has 1 amide bonds. The Kier molecular flexibility index (Phi) is 8.78. The maximum Gasteiger partial charge on any atom is 0.270 e. The van der Waals surface area contributed by atoms with Crippen molar-refractivity contribution in [3.8, 4) is 5.75 Å². The summed E-state index contributed by atoms with van der Waals surface area (Å²) in [6.07, 6.45) is 2.79. The van der Waals surface area contributed by atoms with Gasteiger partial charge in [-0.2, -0.15) is 0 Å². The van der Waals surface area contributed by atoms with Crippen molar-refractivity contribution in [2.75, 3.05) is 33.5 Å². The minimum atomic E-state index is -0.536. The lowest BCUT2D eigenvalue weighted by molar-refractivity contribution is -0.140. The van der Waals surface area contributed by atoms with Crippen LogP contribution in [0.1, 0.15) is 41.8 Å². The second-order valence-electron chi connectivity index (χ2n) is 8.11. The maximum atomic E-state index is 12.8. The van der Waals surface area contributed by atoms with Crippen LogP contribution >= 0.6 is 0 Å². The van der Waals surface area contributed by atoms with Crippen molar-refractivity contribution in [2.45, 2.75) is 26.7 Å². The Hall–Kier alpha value is -3.86. The monoisotopic (exact) mass is 506 g/mol. The highest BCUT2D eigenvalue weighted by atomic mass is 16.7. The van der Waals surface area contributed by atoms with E-state index in [2.05, 4.69) is 15.3 Å². The number of hydrogen-bond acceptors (Lipinski definition) is 8. The van der Waals surface area contributed by atoms with Gasteiger partial charge in [-0.15, -0.1) is 0 Å². The molecule has 4 aromatic rings. The van der Waals surface area contributed by atoms with Crippen LogP contribution in [0.5, 0.6) is 5.75 Å². The van der Waals surface area contributed by atoms with Crippen LogP contribution in [0.3, 0.4) is 0 Å². The predicted molar refractivity (Wildman–Crippen MR) is 138 cm³/mol. The molecule has 1 N–H and O–H groups in total. The van der Waals surface area contributed by atoms with Gasteiger partial charge in [0, 0.05) is 56.3 Å². The Morgan fingerprint density at radius 1 is 1.08 bits per heavy atom. The number of fused-ring (bicyclic) bond motifs is 2. The molecule has 0 spiro atoms. The summed E-state index contributed by atoms with van der Waals surface area (Å²) in [7, 11) is 1.60. The van der Waals surface area contributed by atoms with E-state index < -0.39 is 12.2 Å². The van der Waals surface area contributed by atoms with E-state index in [1.54, 1.807) is 37.7 Å². The number of benzene rings is 1. The highest BCUT2D eigenvalue weighted by Gasteiger charge is 2.16. The van der Waals surface area contributed by atoms with Crippen LogP contribution in [0, 0.1) is 0 Å². The fourth-order valence-electron chi connectivity index (χ4n) is 3.86. The molecule has 37 heavy (non-hydrogen) atoms. The van der Waals surface area contributed by atoms with Crippen molar-refractivity contribution < 1.29 is 23.7 Å². The highest BCUT2D eigenvalue weighted by molar-refractivity contribution is 5.92. The third-order valence-electron chi connectivity index (χ3n) is 5.54. The van der Waals surface area contributed by atoms with E-state index in [1.165, 1.54) is 10.5 Å². The smallest absolute Gasteiger partial charge is 0.270 e. The molecule has 0 fully saturated rings. The standard InChI is InChI=1S/C27H30N4O6/c1-4-35-27(36-5-2)20-14-19-12-18(13-22(25(19)28-17-20)37-11-10-34-3)16-29-26(33)21-15-24(32)31-9-7-6-8-23(31)30-21/h6-9,12-15,17,27H,4-5,10-11,16H2,1-3H3,(H,29,33). The number of nitrogens with one attached hydrogen (secondary N) is 1. The summed E-state index contributed by atoms with van der Waals surface area (Å²) in [5.74, 6) is 0.113. The van der Waals surface area contributed by atoms with Crippen LogP contribution < -0.4 is 15.6 Å². The zero-order chi connectivity index (χ0) is 26.2. The molecule has 1 aromatic carbocycles. The van der Waals surface area contributed by atoms with Crippen molar-refractivity contribution in [3.63, 3.8) is 0 Å². The Labute approximate surface area is 214 Å². The summed E-state index contributed by atoms with van der Waals surface area (Å²) < 4.78 is 23.9. The van der Waals surface area contributed by atoms with Gasteiger partial charge in [-0.25, -0.2) is 4.98 Å². The van der Waals surface area contributed by atoms with Gasteiger partial charge in [0.1, 0.15) is 29.2 Å². The van der Waals surface area contributed by atoms with Crippen LogP contribution in [0.4, 0.5) is 0 Å². The molecule has 194 valence electrons. The summed E-state index contributed by atoms with van der Waals surface area (Å²) in [4.78, 5) is 34.1. The summed E-state index contributed by atoms with van der Waals surface area (Å²) in [5.41, 5.74) is 2.36. The van der Waals surface area contributed by atoms with E-state index in [4.69, 9.17) is 18.9 Å². The van der Waals surface area contributed by atoms with Gasteiger partial charge in [-0.05, 0) is 49.7 Å². The first-order chi connectivity index (χ1) is 18.0. The summed E-state index contributed by atoms with van der Waals surface area (Å²) in [6.45, 7) is 5.75. The SMILES string of the molecule is CCOC(OCC)c1cnc2c(OCCOC)cc(CNC(=O)c3cc(=O)n4ccccc4n3)cc2c1. The van der Waals surface area contributed by atoms with Crippen LogP contribution in [0.25, 0.3) is 16.6 Å². The third-order valence-corrected chi connectivity index (χ3v) is 5.54. The number of carbonyl (C=O) groups is 1. The number of aromatic nitrogens is 3. The largest absolute Gasteiger partial charge is 0.489 e. The first kappa shape index (κ1) is 26.2. The first-order valence-electron chi connectivity index (χ1n) is 12.1. The molecule has 3 aromatic heterocycles. The first-order valence-corrected chi connectivity index (χ1v) is 12.1. The van der Waals surface area contributed by atoms with Crippen molar-refractivity contribution in [3.05, 3.63) is 82.0 Å². The van der Waals surface area contributed by atoms with Gasteiger partial charge in [-0.1, -0.05) is 6.07 Å². The van der Waals surface area contributed by atoms with Crippen LogP contribution in [-0.2, 0) is 20.8 Å². The summed E-state index contributed by atoms with van der Waals surface area (Å²) in [5, 5.41) is 3.65. The molecule has 0 aliphatic rings. The zero-order valence-electron chi connectivity index (χ0n) is 21.1. The Bertz CT molecular complexity index is 1430. The molecule has 4 rings (SSSR count). The topological polar surface area (TPSA) is 113 Å². The molecule has 10 heteroatoms. The minimum absolute atomic E-state index is 0.0498. The molecule has 0 bridgehead atoms. The van der Waals surface area contributed by atoms with E-state index in [9.17, 15) is 9.59 Å². The van der Waals surface area contributed by atoms with Crippen LogP contribution in [0.2, 0.25) is 0 Å². The Balaban J connectivity index is 1.62. The maximum absolute atomic E-state index is 12.8. The van der Waals surface area contributed by atoms with Crippen molar-refractivity contribution in [2.24, 2.45) is 0 Å². The lowest BCUT2D eigenvalue weighted by Gasteiger charge is -2.18. The van der Waals surface area contributed by atoms with Gasteiger partial charge in [0.25, 0.3) is 11.5 Å². The fourth-order valence-corrected chi connectivity index (χ4v) is 3.86. The second kappa shape index (κ2) is 12.4. The summed E-state index contributed by atoms with van der Waals surface area (Å²) in [6, 6.07) is 12.1. The molecule has 0 saturated carbocycles. The number of rotatable bonds is 12. The fraction of sp³-hybridized carbons (Fsp3) is 0.333. The van der Waals surface area contributed by atoms with E-state index >= 15 is 0 Å². The number of nitrogens with zero attached hydrogens (tertiary/aromatic N) is 3. The molecule has 10 nitrogen and oxygen atoms in total. The van der Waals surface area contributed by atoms with Gasteiger partial charge < -0.3 is 24.3 Å². The molecular formula is C27H30N4O6. The lowest BCUT2D eigenvalue weighted by atomic mass is 10.1. The van der Waals surface area contributed by atoms with E-state index in [0.29, 0.717) is 43.3 Å². The van der Waals surface area contributed by atoms with Crippen molar-refractivity contribution in [1.29, 1.82) is 0 Å². The number of methoxy groups -OCH3 is 1. The number of ether oxygens (including phenoxy) is 4. The molecule has 0 aliphatic heterocycles. The highest BCUT2D eigenvalue weighted by Crippen LogP contribution is 2.29. The number of amides is 1. The Morgan fingerprint density at radius 3 is 2.65 bits per heavy atom. The average molecular weight is 507 g/mol. The van der Waals surface area contributed by atoms with E-state index in [-0.39, 0.29) is 17.8 Å². The molecule has 3 heterocycles. The van der Waals surface area contributed by atoms with E-state index in [1.807, 2.05) is 32.0 Å². The molecule has 0 radical (unpaired) electrons. The zero-order valence-corrected chi connectivity index (χ0v) is 21.1. The van der Waals surface area contributed by atoms with Gasteiger partial charge in [0.15, 0.2) is 6.29 Å². The van der Waals surface area contributed by atoms with E-state index in [0.717, 1.165) is 16.5 Å². The normalized spacial score (nSPS) is 11.4. The minimum Gasteiger partial charge on any atom is -0.489 e. The summed E-state index contributed by atoms with van der Waals surface area (Å²) >= 11 is 0. The Morgan fingerprint density at radius 2 is 1.89 bits per heavy atom.